The van der Waals surface area contributed by atoms with Crippen molar-refractivity contribution in [2.75, 3.05) is 12.9 Å². The zero-order valence-electron chi connectivity index (χ0n) is 17.5. The highest BCUT2D eigenvalue weighted by Crippen LogP contribution is 2.26. The molecule has 1 N–H and O–H groups in total. The van der Waals surface area contributed by atoms with Crippen LogP contribution in [0.1, 0.15) is 22.5 Å². The van der Waals surface area contributed by atoms with Crippen molar-refractivity contribution in [2.24, 2.45) is 5.10 Å². The Balaban J connectivity index is 1.56. The predicted octanol–water partition coefficient (Wildman–Crippen LogP) is 5.79. The maximum absolute atomic E-state index is 12.1. The van der Waals surface area contributed by atoms with Crippen molar-refractivity contribution in [1.82, 2.24) is 9.99 Å². The first kappa shape index (κ1) is 23.3. The van der Waals surface area contributed by atoms with Crippen LogP contribution < -0.4 is 10.2 Å². The van der Waals surface area contributed by atoms with Gasteiger partial charge in [0.2, 0.25) is 5.91 Å². The molecule has 5 nitrogen and oxygen atoms in total. The van der Waals surface area contributed by atoms with Gasteiger partial charge < -0.3 is 9.30 Å². The molecule has 0 fully saturated rings. The van der Waals surface area contributed by atoms with E-state index in [9.17, 15) is 4.79 Å². The van der Waals surface area contributed by atoms with Gasteiger partial charge in [-0.1, -0.05) is 35.3 Å². The van der Waals surface area contributed by atoms with E-state index in [1.165, 1.54) is 11.8 Å². The molecule has 0 saturated carbocycles. The van der Waals surface area contributed by atoms with Crippen LogP contribution in [0, 0.1) is 13.8 Å². The number of carbonyl (C=O) groups excluding carboxylic acids is 1. The van der Waals surface area contributed by atoms with Gasteiger partial charge in [0.05, 0.1) is 19.1 Å². The molecule has 0 aliphatic heterocycles. The summed E-state index contributed by atoms with van der Waals surface area (Å²) >= 11 is 13.8. The summed E-state index contributed by atoms with van der Waals surface area (Å²) in [6.07, 6.45) is 1.65. The fraction of sp³-hybridized carbons (Fsp3) is 0.217. The van der Waals surface area contributed by atoms with Crippen LogP contribution in [0.25, 0.3) is 5.69 Å². The van der Waals surface area contributed by atoms with Crippen LogP contribution >= 0.6 is 35.0 Å². The molecule has 1 amide bonds. The number of ether oxygens (including phenoxy) is 1. The van der Waals surface area contributed by atoms with Crippen LogP contribution in [0.5, 0.6) is 5.75 Å². The van der Waals surface area contributed by atoms with Gasteiger partial charge in [0.25, 0.3) is 0 Å². The number of nitrogens with zero attached hydrogens (tertiary/aromatic N) is 2. The summed E-state index contributed by atoms with van der Waals surface area (Å²) in [4.78, 5) is 12.1. The number of aromatic nitrogens is 1. The van der Waals surface area contributed by atoms with Crippen molar-refractivity contribution in [2.45, 2.75) is 19.6 Å². The molecule has 2 aromatic carbocycles. The van der Waals surface area contributed by atoms with Crippen molar-refractivity contribution in [3.8, 4) is 11.4 Å². The zero-order chi connectivity index (χ0) is 22.4. The number of rotatable bonds is 8. The third-order valence-electron chi connectivity index (χ3n) is 4.63. The number of hydrazone groups is 1. The van der Waals surface area contributed by atoms with E-state index < -0.39 is 0 Å². The molecule has 3 rings (SSSR count). The molecule has 0 saturated heterocycles. The van der Waals surface area contributed by atoms with Gasteiger partial charge in [0.1, 0.15) is 5.75 Å². The molecule has 0 unspecified atom stereocenters. The normalized spacial score (nSPS) is 11.1. The predicted molar refractivity (Wildman–Crippen MR) is 130 cm³/mol. The molecule has 0 spiro atoms. The molecule has 1 heterocycles. The lowest BCUT2D eigenvalue weighted by molar-refractivity contribution is -0.118. The van der Waals surface area contributed by atoms with E-state index in [0.29, 0.717) is 15.8 Å². The summed E-state index contributed by atoms with van der Waals surface area (Å²) in [5.41, 5.74) is 7.49. The number of hydrogen-bond acceptors (Lipinski definition) is 4. The van der Waals surface area contributed by atoms with Crippen LogP contribution in [-0.4, -0.2) is 29.6 Å². The lowest BCUT2D eigenvalue weighted by Gasteiger charge is -2.10. The van der Waals surface area contributed by atoms with E-state index in [-0.39, 0.29) is 5.91 Å². The van der Waals surface area contributed by atoms with Crippen LogP contribution in [0.3, 0.4) is 0 Å². The molecular weight excluding hydrogens is 453 g/mol. The third kappa shape index (κ3) is 6.29. The van der Waals surface area contributed by atoms with Gasteiger partial charge in [0, 0.05) is 38.4 Å². The molecule has 162 valence electrons. The standard InChI is InChI=1S/C23H23Cl2N3O2S/c1-15-8-18(16(2)28(15)21-10-19(24)9-20(25)11-21)12-26-27-23(29)14-31-13-17-4-6-22(30-3)7-5-17/h4-12H,13-14H2,1-3H3,(H,27,29)/b26-12+. The Kier molecular flexibility index (Phi) is 8.07. The van der Waals surface area contributed by atoms with Gasteiger partial charge in [-0.2, -0.15) is 5.10 Å². The first-order valence-electron chi connectivity index (χ1n) is 9.55. The molecule has 0 radical (unpaired) electrons. The Morgan fingerprint density at radius 3 is 2.45 bits per heavy atom. The highest BCUT2D eigenvalue weighted by molar-refractivity contribution is 7.99. The highest BCUT2D eigenvalue weighted by atomic mass is 35.5. The van der Waals surface area contributed by atoms with Gasteiger partial charge in [-0.05, 0) is 55.8 Å². The Morgan fingerprint density at radius 1 is 1.13 bits per heavy atom. The second kappa shape index (κ2) is 10.8. The summed E-state index contributed by atoms with van der Waals surface area (Å²) in [6.45, 7) is 3.98. The average Bonchev–Trinajstić information content (AvgIpc) is 3.01. The van der Waals surface area contributed by atoms with Crippen molar-refractivity contribution < 1.29 is 9.53 Å². The minimum absolute atomic E-state index is 0.148. The van der Waals surface area contributed by atoms with Crippen LogP contribution in [0.2, 0.25) is 10.0 Å². The molecule has 0 bridgehead atoms. The molecule has 0 atom stereocenters. The monoisotopic (exact) mass is 475 g/mol. The lowest BCUT2D eigenvalue weighted by Crippen LogP contribution is -2.19. The van der Waals surface area contributed by atoms with Crippen molar-refractivity contribution in [1.29, 1.82) is 0 Å². The highest BCUT2D eigenvalue weighted by Gasteiger charge is 2.11. The number of aryl methyl sites for hydroxylation is 1. The number of benzene rings is 2. The Morgan fingerprint density at radius 2 is 1.81 bits per heavy atom. The Hall–Kier alpha value is -2.41. The lowest BCUT2D eigenvalue weighted by atomic mass is 10.2. The van der Waals surface area contributed by atoms with Crippen LogP contribution in [0.15, 0.2) is 53.6 Å². The van der Waals surface area contributed by atoms with Crippen LogP contribution in [-0.2, 0) is 10.5 Å². The number of methoxy groups -OCH3 is 1. The van der Waals surface area contributed by atoms with Crippen molar-refractivity contribution in [3.05, 3.63) is 81.1 Å². The Bertz CT molecular complexity index is 1070. The number of amides is 1. The number of carbonyl (C=O) groups is 1. The summed E-state index contributed by atoms with van der Waals surface area (Å²) in [6, 6.07) is 15.2. The fourth-order valence-electron chi connectivity index (χ4n) is 3.17. The minimum Gasteiger partial charge on any atom is -0.497 e. The van der Waals surface area contributed by atoms with E-state index in [1.807, 2.05) is 60.9 Å². The molecule has 0 aliphatic rings. The summed E-state index contributed by atoms with van der Waals surface area (Å²) < 4.78 is 7.19. The SMILES string of the molecule is COc1ccc(CSCC(=O)N/N=C/c2cc(C)n(-c3cc(Cl)cc(Cl)c3)c2C)cc1. The van der Waals surface area contributed by atoms with Gasteiger partial charge in [-0.25, -0.2) is 5.43 Å². The maximum Gasteiger partial charge on any atom is 0.250 e. The van der Waals surface area contributed by atoms with E-state index in [4.69, 9.17) is 27.9 Å². The molecule has 1 aromatic heterocycles. The van der Waals surface area contributed by atoms with Crippen molar-refractivity contribution >= 4 is 47.1 Å². The van der Waals surface area contributed by atoms with Gasteiger partial charge in [-0.15, -0.1) is 11.8 Å². The molecular formula is C23H23Cl2N3O2S. The second-order valence-electron chi connectivity index (χ2n) is 6.92. The smallest absolute Gasteiger partial charge is 0.250 e. The van der Waals surface area contributed by atoms with E-state index >= 15 is 0 Å². The van der Waals surface area contributed by atoms with Crippen molar-refractivity contribution in [3.63, 3.8) is 0 Å². The van der Waals surface area contributed by atoms with E-state index in [0.717, 1.165) is 39.7 Å². The number of nitrogens with one attached hydrogen (secondary N) is 1. The average molecular weight is 476 g/mol. The first-order valence-corrected chi connectivity index (χ1v) is 11.5. The summed E-state index contributed by atoms with van der Waals surface area (Å²) in [7, 11) is 1.64. The van der Waals surface area contributed by atoms with Gasteiger partial charge in [-0.3, -0.25) is 4.79 Å². The topological polar surface area (TPSA) is 55.6 Å². The van der Waals surface area contributed by atoms with E-state index in [2.05, 4.69) is 10.5 Å². The zero-order valence-corrected chi connectivity index (χ0v) is 19.8. The second-order valence-corrected chi connectivity index (χ2v) is 8.78. The number of thioether (sulfide) groups is 1. The quantitative estimate of drug-likeness (QED) is 0.331. The minimum atomic E-state index is -0.148. The van der Waals surface area contributed by atoms with Crippen LogP contribution in [0.4, 0.5) is 0 Å². The molecule has 0 aliphatic carbocycles. The first-order chi connectivity index (χ1) is 14.9. The summed E-state index contributed by atoms with van der Waals surface area (Å²) in [5.74, 6) is 1.73. The van der Waals surface area contributed by atoms with Gasteiger partial charge in [0.15, 0.2) is 0 Å². The van der Waals surface area contributed by atoms with Gasteiger partial charge >= 0.3 is 0 Å². The molecule has 3 aromatic rings. The Labute approximate surface area is 196 Å². The number of halogens is 2. The third-order valence-corrected chi connectivity index (χ3v) is 6.07. The van der Waals surface area contributed by atoms with E-state index in [1.54, 1.807) is 19.4 Å². The summed E-state index contributed by atoms with van der Waals surface area (Å²) in [5, 5.41) is 5.26. The fourth-order valence-corrected chi connectivity index (χ4v) is 4.47. The maximum atomic E-state index is 12.1. The molecule has 31 heavy (non-hydrogen) atoms. The molecule has 8 heteroatoms. The largest absolute Gasteiger partial charge is 0.497 e. The number of hydrogen-bond donors (Lipinski definition) is 1.